The predicted octanol–water partition coefficient (Wildman–Crippen LogP) is 2.34. The van der Waals surface area contributed by atoms with Crippen molar-refractivity contribution in [3.05, 3.63) is 64.0 Å². The molecule has 0 aliphatic carbocycles. The minimum atomic E-state index is -1.32. The molecule has 2 rings (SSSR count). The summed E-state index contributed by atoms with van der Waals surface area (Å²) in [7, 11) is 0. The van der Waals surface area contributed by atoms with Crippen molar-refractivity contribution in [1.29, 1.82) is 0 Å². The number of nitrogens with one attached hydrogen (secondary N) is 1. The Morgan fingerprint density at radius 1 is 1.33 bits per heavy atom. The van der Waals surface area contributed by atoms with E-state index >= 15 is 0 Å². The van der Waals surface area contributed by atoms with Gasteiger partial charge in [0.2, 0.25) is 0 Å². The minimum absolute atomic E-state index is 0.324. The highest BCUT2D eigenvalue weighted by Crippen LogP contribution is 2.23. The summed E-state index contributed by atoms with van der Waals surface area (Å²) < 4.78 is 0. The number of carboxylic acid groups (broad SMARTS) is 1. The molecule has 2 N–H and O–H groups in total. The molecular formula is C14H13N3O4. The predicted molar refractivity (Wildman–Crippen MR) is 76.5 cm³/mol. The number of rotatable bonds is 6. The van der Waals surface area contributed by atoms with Crippen molar-refractivity contribution in [3.63, 3.8) is 0 Å². The first-order valence-electron chi connectivity index (χ1n) is 6.23. The van der Waals surface area contributed by atoms with Crippen LogP contribution in [0, 0.1) is 10.1 Å². The molecule has 0 saturated carbocycles. The van der Waals surface area contributed by atoms with Gasteiger partial charge in [0.25, 0.3) is 5.69 Å². The van der Waals surface area contributed by atoms with E-state index < -0.39 is 16.6 Å². The molecule has 1 aromatic heterocycles. The quantitative estimate of drug-likeness (QED) is 0.624. The zero-order valence-corrected chi connectivity index (χ0v) is 11.0. The van der Waals surface area contributed by atoms with Crippen LogP contribution in [0.5, 0.6) is 0 Å². The average molecular weight is 287 g/mol. The third-order valence-electron chi connectivity index (χ3n) is 2.86. The number of carbonyl (C=O) groups is 1. The van der Waals surface area contributed by atoms with Gasteiger partial charge in [-0.15, -0.1) is 0 Å². The summed E-state index contributed by atoms with van der Waals surface area (Å²) in [4.78, 5) is 25.2. The lowest BCUT2D eigenvalue weighted by atomic mass is 10.1. The number of hydrogen-bond donors (Lipinski definition) is 2. The van der Waals surface area contributed by atoms with Gasteiger partial charge in [-0.05, 0) is 24.3 Å². The summed E-state index contributed by atoms with van der Waals surface area (Å²) >= 11 is 0. The monoisotopic (exact) mass is 287 g/mol. The van der Waals surface area contributed by atoms with E-state index in [1.807, 2.05) is 18.2 Å². The van der Waals surface area contributed by atoms with Crippen LogP contribution in [-0.2, 0) is 6.42 Å². The molecule has 0 spiro atoms. The molecule has 2 aromatic rings. The van der Waals surface area contributed by atoms with Crippen LogP contribution in [0.25, 0.3) is 0 Å². The van der Waals surface area contributed by atoms with Gasteiger partial charge in [-0.3, -0.25) is 15.1 Å². The van der Waals surface area contributed by atoms with Gasteiger partial charge in [0, 0.05) is 36.6 Å². The van der Waals surface area contributed by atoms with Crippen LogP contribution in [0.4, 0.5) is 11.4 Å². The van der Waals surface area contributed by atoms with Gasteiger partial charge < -0.3 is 10.4 Å². The first kappa shape index (κ1) is 14.4. The van der Waals surface area contributed by atoms with Gasteiger partial charge in [0.15, 0.2) is 0 Å². The fourth-order valence-electron chi connectivity index (χ4n) is 1.85. The Hall–Kier alpha value is -2.96. The second-order valence-electron chi connectivity index (χ2n) is 4.29. The van der Waals surface area contributed by atoms with Gasteiger partial charge in [-0.25, -0.2) is 4.79 Å². The van der Waals surface area contributed by atoms with E-state index in [2.05, 4.69) is 10.3 Å². The fraction of sp³-hybridized carbons (Fsp3) is 0.143. The largest absolute Gasteiger partial charge is 0.477 e. The zero-order valence-electron chi connectivity index (χ0n) is 11.0. The SMILES string of the molecule is O=C(O)c1ccc(NCCc2ccccn2)cc1[N+](=O)[O-]. The molecule has 0 atom stereocenters. The Morgan fingerprint density at radius 3 is 2.76 bits per heavy atom. The Bertz CT molecular complexity index is 659. The highest BCUT2D eigenvalue weighted by molar-refractivity contribution is 5.93. The topological polar surface area (TPSA) is 105 Å². The van der Waals surface area contributed by atoms with E-state index in [1.54, 1.807) is 6.20 Å². The van der Waals surface area contributed by atoms with Crippen molar-refractivity contribution in [2.24, 2.45) is 0 Å². The van der Waals surface area contributed by atoms with E-state index in [1.165, 1.54) is 18.2 Å². The Balaban J connectivity index is 2.05. The molecular weight excluding hydrogens is 274 g/mol. The number of nitrogens with zero attached hydrogens (tertiary/aromatic N) is 2. The molecule has 1 heterocycles. The third kappa shape index (κ3) is 3.75. The van der Waals surface area contributed by atoms with Gasteiger partial charge in [-0.1, -0.05) is 6.07 Å². The van der Waals surface area contributed by atoms with Crippen molar-refractivity contribution in [1.82, 2.24) is 4.98 Å². The van der Waals surface area contributed by atoms with Crippen LogP contribution < -0.4 is 5.32 Å². The number of nitro benzene ring substituents is 1. The minimum Gasteiger partial charge on any atom is -0.477 e. The van der Waals surface area contributed by atoms with Gasteiger partial charge in [0.1, 0.15) is 5.56 Å². The maximum Gasteiger partial charge on any atom is 0.342 e. The Kier molecular flexibility index (Phi) is 4.45. The normalized spacial score (nSPS) is 10.1. The van der Waals surface area contributed by atoms with Crippen molar-refractivity contribution < 1.29 is 14.8 Å². The molecule has 108 valence electrons. The number of anilines is 1. The summed E-state index contributed by atoms with van der Waals surface area (Å²) in [5, 5.41) is 22.8. The molecule has 0 saturated heterocycles. The first-order valence-corrected chi connectivity index (χ1v) is 6.23. The average Bonchev–Trinajstić information content (AvgIpc) is 2.48. The van der Waals surface area contributed by atoms with E-state index in [-0.39, 0.29) is 5.56 Å². The standard InChI is InChI=1S/C14H13N3O4/c18-14(19)12-5-4-11(9-13(12)17(20)21)16-8-6-10-3-1-2-7-15-10/h1-5,7,9,16H,6,8H2,(H,18,19). The molecule has 0 radical (unpaired) electrons. The van der Waals surface area contributed by atoms with Crippen LogP contribution in [0.2, 0.25) is 0 Å². The molecule has 0 aliphatic heterocycles. The maximum absolute atomic E-state index is 10.9. The third-order valence-corrected chi connectivity index (χ3v) is 2.86. The summed E-state index contributed by atoms with van der Waals surface area (Å²) in [6.45, 7) is 0.542. The van der Waals surface area contributed by atoms with Crippen LogP contribution in [-0.4, -0.2) is 27.5 Å². The second-order valence-corrected chi connectivity index (χ2v) is 4.29. The smallest absolute Gasteiger partial charge is 0.342 e. The van der Waals surface area contributed by atoms with Gasteiger partial charge in [-0.2, -0.15) is 0 Å². The van der Waals surface area contributed by atoms with E-state index in [0.29, 0.717) is 18.7 Å². The number of carboxylic acids is 1. The van der Waals surface area contributed by atoms with Crippen molar-refractivity contribution in [2.75, 3.05) is 11.9 Å². The summed E-state index contributed by atoms with van der Waals surface area (Å²) in [5.74, 6) is -1.32. The summed E-state index contributed by atoms with van der Waals surface area (Å²) in [6.07, 6.45) is 2.36. The number of hydrogen-bond acceptors (Lipinski definition) is 5. The van der Waals surface area contributed by atoms with E-state index in [0.717, 1.165) is 5.69 Å². The Labute approximate surface area is 120 Å². The molecule has 7 nitrogen and oxygen atoms in total. The van der Waals surface area contributed by atoms with Crippen LogP contribution in [0.3, 0.4) is 0 Å². The lowest BCUT2D eigenvalue weighted by Gasteiger charge is -2.07. The Morgan fingerprint density at radius 2 is 2.14 bits per heavy atom. The van der Waals surface area contributed by atoms with Crippen molar-refractivity contribution >= 4 is 17.3 Å². The lowest BCUT2D eigenvalue weighted by Crippen LogP contribution is -2.08. The second kappa shape index (κ2) is 6.47. The molecule has 0 unspecified atom stereocenters. The molecule has 0 fully saturated rings. The highest BCUT2D eigenvalue weighted by atomic mass is 16.6. The lowest BCUT2D eigenvalue weighted by molar-refractivity contribution is -0.385. The highest BCUT2D eigenvalue weighted by Gasteiger charge is 2.19. The van der Waals surface area contributed by atoms with Gasteiger partial charge in [0.05, 0.1) is 4.92 Å². The molecule has 21 heavy (non-hydrogen) atoms. The fourth-order valence-corrected chi connectivity index (χ4v) is 1.85. The zero-order chi connectivity index (χ0) is 15.2. The van der Waals surface area contributed by atoms with E-state index in [9.17, 15) is 14.9 Å². The van der Waals surface area contributed by atoms with Crippen LogP contribution in [0.1, 0.15) is 16.1 Å². The van der Waals surface area contributed by atoms with E-state index in [4.69, 9.17) is 5.11 Å². The molecule has 0 bridgehead atoms. The maximum atomic E-state index is 10.9. The number of benzene rings is 1. The first-order chi connectivity index (χ1) is 10.1. The van der Waals surface area contributed by atoms with Crippen molar-refractivity contribution in [2.45, 2.75) is 6.42 Å². The molecule has 0 aliphatic rings. The number of aromatic carboxylic acids is 1. The molecule has 0 amide bonds. The van der Waals surface area contributed by atoms with Gasteiger partial charge >= 0.3 is 5.97 Å². The van der Waals surface area contributed by atoms with Crippen LogP contribution >= 0.6 is 0 Å². The number of nitro groups is 1. The molecule has 7 heteroatoms. The van der Waals surface area contributed by atoms with Crippen molar-refractivity contribution in [3.8, 4) is 0 Å². The number of pyridine rings is 1. The summed E-state index contributed by atoms with van der Waals surface area (Å²) in [5.41, 5.74) is 0.657. The summed E-state index contributed by atoms with van der Waals surface area (Å²) in [6, 6.07) is 9.55. The van der Waals surface area contributed by atoms with Crippen LogP contribution in [0.15, 0.2) is 42.6 Å². The molecule has 1 aromatic carbocycles. The number of aromatic nitrogens is 1.